The number of hydrogen-bond donors (Lipinski definition) is 4. The number of rotatable bonds is 9. The van der Waals surface area contributed by atoms with E-state index in [1.807, 2.05) is 5.43 Å². The number of amides is 3. The average molecular weight is 533 g/mol. The van der Waals surface area contributed by atoms with Crippen LogP contribution >= 0.6 is 0 Å². The summed E-state index contributed by atoms with van der Waals surface area (Å²) in [4.78, 5) is 73.8. The predicted molar refractivity (Wildman–Crippen MR) is 135 cm³/mol. The molecule has 3 rings (SSSR count). The maximum Gasteiger partial charge on any atom is 0.349 e. The number of benzene rings is 3. The Balaban J connectivity index is 1.79. The third-order valence-corrected chi connectivity index (χ3v) is 5.03. The van der Waals surface area contributed by atoms with Crippen LogP contribution in [0.1, 0.15) is 38.0 Å². The first kappa shape index (κ1) is 28.1. The van der Waals surface area contributed by atoms with Crippen molar-refractivity contribution in [3.63, 3.8) is 0 Å². The number of aliphatic carboxylic acids is 1. The third-order valence-electron chi connectivity index (χ3n) is 5.03. The van der Waals surface area contributed by atoms with Crippen LogP contribution in [-0.4, -0.2) is 52.9 Å². The molecule has 3 amide bonds. The normalized spacial score (nSPS) is 11.7. The molecule has 0 unspecified atom stereocenters. The second-order valence-corrected chi connectivity index (χ2v) is 7.92. The van der Waals surface area contributed by atoms with Crippen LogP contribution in [0.3, 0.4) is 0 Å². The molecular weight excluding hydrogens is 510 g/mol. The molecule has 0 heterocycles. The molecule has 0 aliphatic rings. The van der Waals surface area contributed by atoms with Crippen molar-refractivity contribution in [2.75, 3.05) is 5.32 Å². The number of anilines is 1. The van der Waals surface area contributed by atoms with E-state index in [0.29, 0.717) is 5.69 Å². The summed E-state index contributed by atoms with van der Waals surface area (Å²) in [6.45, 7) is 1.32. The number of hydrogen-bond acceptors (Lipinski definition) is 8. The summed E-state index contributed by atoms with van der Waals surface area (Å²) in [6.07, 6.45) is -4.45. The van der Waals surface area contributed by atoms with Crippen LogP contribution < -0.4 is 16.2 Å². The minimum absolute atomic E-state index is 0.00267. The molecule has 0 bridgehead atoms. The number of carbonyl (C=O) groups excluding carboxylic acids is 5. The molecule has 0 radical (unpaired) electrons. The number of carboxylic acid groups (broad SMARTS) is 1. The Hall–Kier alpha value is -5.52. The van der Waals surface area contributed by atoms with Gasteiger partial charge in [0.05, 0.1) is 11.1 Å². The minimum Gasteiger partial charge on any atom is -0.478 e. The molecule has 2 atom stereocenters. The summed E-state index contributed by atoms with van der Waals surface area (Å²) in [5.41, 5.74) is 4.57. The number of nitrogens with one attached hydrogen (secondary N) is 3. The minimum atomic E-state index is -2.26. The Morgan fingerprint density at radius 1 is 0.641 bits per heavy atom. The molecule has 0 saturated carbocycles. The van der Waals surface area contributed by atoms with Gasteiger partial charge in [0.2, 0.25) is 18.1 Å². The van der Waals surface area contributed by atoms with E-state index in [2.05, 4.69) is 10.7 Å². The molecule has 12 heteroatoms. The van der Waals surface area contributed by atoms with Crippen LogP contribution in [0.5, 0.6) is 0 Å². The lowest BCUT2D eigenvalue weighted by atomic mass is 10.1. The van der Waals surface area contributed by atoms with Crippen molar-refractivity contribution in [1.82, 2.24) is 10.9 Å². The first-order chi connectivity index (χ1) is 18.7. The molecule has 12 nitrogen and oxygen atoms in total. The smallest absolute Gasteiger partial charge is 0.349 e. The second-order valence-electron chi connectivity index (χ2n) is 7.92. The zero-order chi connectivity index (χ0) is 28.4. The molecule has 0 saturated heterocycles. The molecule has 0 aromatic heterocycles. The van der Waals surface area contributed by atoms with E-state index in [-0.39, 0.29) is 22.6 Å². The molecule has 4 N–H and O–H groups in total. The number of carbonyl (C=O) groups is 6. The van der Waals surface area contributed by atoms with E-state index in [4.69, 9.17) is 9.47 Å². The van der Waals surface area contributed by atoms with Gasteiger partial charge < -0.3 is 19.9 Å². The van der Waals surface area contributed by atoms with Crippen molar-refractivity contribution in [3.05, 3.63) is 102 Å². The van der Waals surface area contributed by atoms with Crippen molar-refractivity contribution in [1.29, 1.82) is 0 Å². The fourth-order valence-corrected chi connectivity index (χ4v) is 3.18. The maximum atomic E-state index is 13.0. The lowest BCUT2D eigenvalue weighted by molar-refractivity contribution is -0.159. The topological polar surface area (TPSA) is 177 Å². The second kappa shape index (κ2) is 13.1. The summed E-state index contributed by atoms with van der Waals surface area (Å²) in [7, 11) is 0. The zero-order valence-electron chi connectivity index (χ0n) is 20.5. The highest BCUT2D eigenvalue weighted by Crippen LogP contribution is 2.14. The quantitative estimate of drug-likeness (QED) is 0.236. The zero-order valence-corrected chi connectivity index (χ0v) is 20.5. The fraction of sp³-hybridized carbons (Fsp3) is 0.111. The van der Waals surface area contributed by atoms with Gasteiger partial charge in [-0.15, -0.1) is 0 Å². The Kier molecular flexibility index (Phi) is 9.46. The SMILES string of the molecule is CC(=O)Nc1ccc(C(=O)NNC(=O)[C@H](OC(=O)c2ccccc2)[C@H](OC(=O)c2ccccc2)C(=O)O)cc1. The van der Waals surface area contributed by atoms with Gasteiger partial charge in [0.1, 0.15) is 0 Å². The Morgan fingerprint density at radius 2 is 1.13 bits per heavy atom. The van der Waals surface area contributed by atoms with Crippen molar-refractivity contribution in [2.24, 2.45) is 0 Å². The van der Waals surface area contributed by atoms with Gasteiger partial charge in [-0.3, -0.25) is 25.2 Å². The van der Waals surface area contributed by atoms with Gasteiger partial charge in [0.15, 0.2) is 0 Å². The van der Waals surface area contributed by atoms with Crippen molar-refractivity contribution in [3.8, 4) is 0 Å². The van der Waals surface area contributed by atoms with Gasteiger partial charge >= 0.3 is 17.9 Å². The average Bonchev–Trinajstić information content (AvgIpc) is 2.94. The summed E-state index contributed by atoms with van der Waals surface area (Å²) in [6, 6.07) is 20.4. The lowest BCUT2D eigenvalue weighted by Crippen LogP contribution is -2.54. The van der Waals surface area contributed by atoms with Gasteiger partial charge in [-0.25, -0.2) is 14.4 Å². The first-order valence-corrected chi connectivity index (χ1v) is 11.4. The number of carboxylic acids is 1. The van der Waals surface area contributed by atoms with E-state index in [0.717, 1.165) is 0 Å². The largest absolute Gasteiger partial charge is 0.478 e. The number of ether oxygens (including phenoxy) is 2. The Labute approximate surface area is 221 Å². The predicted octanol–water partition coefficient (Wildman–Crippen LogP) is 1.94. The van der Waals surface area contributed by atoms with E-state index in [1.165, 1.54) is 79.7 Å². The Morgan fingerprint density at radius 3 is 1.59 bits per heavy atom. The molecule has 0 fully saturated rings. The van der Waals surface area contributed by atoms with Crippen LogP contribution in [-0.2, 0) is 23.9 Å². The molecule has 0 aliphatic heterocycles. The van der Waals surface area contributed by atoms with Crippen LogP contribution in [0.25, 0.3) is 0 Å². The van der Waals surface area contributed by atoms with E-state index in [9.17, 15) is 33.9 Å². The van der Waals surface area contributed by atoms with E-state index in [1.54, 1.807) is 12.1 Å². The molecule has 3 aromatic rings. The molecule has 0 spiro atoms. The molecular formula is C27H23N3O9. The summed E-state index contributed by atoms with van der Waals surface area (Å²) >= 11 is 0. The van der Waals surface area contributed by atoms with Gasteiger partial charge in [0.25, 0.3) is 11.8 Å². The lowest BCUT2D eigenvalue weighted by Gasteiger charge is -2.23. The van der Waals surface area contributed by atoms with Crippen LogP contribution in [0.4, 0.5) is 5.69 Å². The van der Waals surface area contributed by atoms with Crippen LogP contribution in [0.2, 0.25) is 0 Å². The van der Waals surface area contributed by atoms with Gasteiger partial charge in [-0.1, -0.05) is 36.4 Å². The number of esters is 2. The first-order valence-electron chi connectivity index (χ1n) is 11.4. The van der Waals surface area contributed by atoms with Crippen LogP contribution in [0, 0.1) is 0 Å². The van der Waals surface area contributed by atoms with E-state index < -0.39 is 41.9 Å². The maximum absolute atomic E-state index is 13.0. The third kappa shape index (κ3) is 7.98. The highest BCUT2D eigenvalue weighted by atomic mass is 16.6. The van der Waals surface area contributed by atoms with Crippen molar-refractivity contribution >= 4 is 41.3 Å². The summed E-state index contributed by atoms with van der Waals surface area (Å²) in [5, 5.41) is 12.3. The highest BCUT2D eigenvalue weighted by molar-refractivity contribution is 5.99. The van der Waals surface area contributed by atoms with Gasteiger partial charge in [-0.05, 0) is 48.5 Å². The van der Waals surface area contributed by atoms with Crippen LogP contribution in [0.15, 0.2) is 84.9 Å². The summed E-state index contributed by atoms with van der Waals surface area (Å²) in [5.74, 6) is -6.33. The monoisotopic (exact) mass is 533 g/mol. The van der Waals surface area contributed by atoms with Crippen molar-refractivity contribution < 1.29 is 43.3 Å². The molecule has 0 aliphatic carbocycles. The molecule has 39 heavy (non-hydrogen) atoms. The van der Waals surface area contributed by atoms with Gasteiger partial charge in [0, 0.05) is 18.2 Å². The Bertz CT molecular complexity index is 1360. The molecule has 3 aromatic carbocycles. The number of hydrazine groups is 1. The van der Waals surface area contributed by atoms with Crippen molar-refractivity contribution in [2.45, 2.75) is 19.1 Å². The highest BCUT2D eigenvalue weighted by Gasteiger charge is 2.41. The standard InChI is InChI=1S/C27H23N3O9/c1-16(31)28-20-14-12-17(13-15-20)23(32)29-30-24(33)21(38-26(36)18-8-4-2-5-9-18)22(25(34)35)39-27(37)19-10-6-3-7-11-19/h2-15,21-22H,1H3,(H,28,31)(H,29,32)(H,30,33)(H,34,35)/t21-,22+/m1/s1. The summed E-state index contributed by atoms with van der Waals surface area (Å²) < 4.78 is 10.2. The van der Waals surface area contributed by atoms with Gasteiger partial charge in [-0.2, -0.15) is 0 Å². The van der Waals surface area contributed by atoms with E-state index >= 15 is 0 Å². The fourth-order valence-electron chi connectivity index (χ4n) is 3.18. The molecule has 200 valence electrons.